The van der Waals surface area contributed by atoms with E-state index in [0.29, 0.717) is 18.7 Å². The molecule has 4 nitrogen and oxygen atoms in total. The average Bonchev–Trinajstić information content (AvgIpc) is 2.52. The number of hydrogen-bond acceptors (Lipinski definition) is 4. The Bertz CT molecular complexity index is 650. The Hall–Kier alpha value is -2.35. The fourth-order valence-electron chi connectivity index (χ4n) is 2.49. The van der Waals surface area contributed by atoms with Crippen molar-refractivity contribution in [1.29, 1.82) is 5.26 Å². The van der Waals surface area contributed by atoms with Crippen LogP contribution in [0.25, 0.3) is 0 Å². The highest BCUT2D eigenvalue weighted by atomic mass is 16.3. The van der Waals surface area contributed by atoms with Crippen LogP contribution in [0.5, 0.6) is 5.75 Å². The molecule has 114 valence electrons. The Kier molecular flexibility index (Phi) is 5.54. The van der Waals surface area contributed by atoms with Gasteiger partial charge in [0.2, 0.25) is 0 Å². The molecule has 0 heterocycles. The molecular formula is C18H20N2O2. The zero-order valence-corrected chi connectivity index (χ0v) is 12.6. The lowest BCUT2D eigenvalue weighted by molar-refractivity contribution is 0.166. The molecule has 2 rings (SSSR count). The molecule has 0 fully saturated rings. The van der Waals surface area contributed by atoms with Crippen molar-refractivity contribution in [3.05, 3.63) is 65.2 Å². The van der Waals surface area contributed by atoms with Crippen LogP contribution in [-0.4, -0.2) is 28.3 Å². The highest BCUT2D eigenvalue weighted by molar-refractivity contribution is 5.40. The summed E-state index contributed by atoms with van der Waals surface area (Å²) in [6.07, 6.45) is 0. The van der Waals surface area contributed by atoms with Gasteiger partial charge in [0.15, 0.2) is 0 Å². The van der Waals surface area contributed by atoms with Crippen LogP contribution >= 0.6 is 0 Å². The standard InChI is InChI=1S/C18H20N2O2/c1-14-7-8-18(22)16(11-14)17(12-19)20(9-10-21)13-15-5-3-2-4-6-15/h2-8,11,17,21-22H,9-10,13H2,1H3. The molecule has 2 aromatic rings. The molecule has 0 aliphatic carbocycles. The van der Waals surface area contributed by atoms with Crippen molar-refractivity contribution >= 4 is 0 Å². The molecule has 0 saturated heterocycles. The van der Waals surface area contributed by atoms with Crippen molar-refractivity contribution in [3.8, 4) is 11.8 Å². The zero-order valence-electron chi connectivity index (χ0n) is 12.6. The third-order valence-corrected chi connectivity index (χ3v) is 3.58. The Balaban J connectivity index is 2.32. The molecule has 0 aromatic heterocycles. The van der Waals surface area contributed by atoms with E-state index in [1.54, 1.807) is 12.1 Å². The minimum atomic E-state index is -0.604. The maximum atomic E-state index is 10.1. The molecule has 2 aromatic carbocycles. The molecule has 0 radical (unpaired) electrons. The summed E-state index contributed by atoms with van der Waals surface area (Å²) in [5.74, 6) is 0.105. The first-order valence-electron chi connectivity index (χ1n) is 7.23. The van der Waals surface area contributed by atoms with Crippen molar-refractivity contribution in [1.82, 2.24) is 4.90 Å². The summed E-state index contributed by atoms with van der Waals surface area (Å²) in [6.45, 7) is 2.77. The number of aliphatic hydroxyl groups excluding tert-OH is 1. The van der Waals surface area contributed by atoms with E-state index < -0.39 is 6.04 Å². The number of hydrogen-bond donors (Lipinski definition) is 2. The lowest BCUT2D eigenvalue weighted by atomic mass is 10.0. The lowest BCUT2D eigenvalue weighted by Crippen LogP contribution is -2.30. The Labute approximate surface area is 130 Å². The van der Waals surface area contributed by atoms with Gasteiger partial charge in [-0.05, 0) is 24.6 Å². The van der Waals surface area contributed by atoms with E-state index in [-0.39, 0.29) is 12.4 Å². The number of phenols is 1. The molecule has 4 heteroatoms. The van der Waals surface area contributed by atoms with Crippen molar-refractivity contribution in [3.63, 3.8) is 0 Å². The van der Waals surface area contributed by atoms with Gasteiger partial charge in [0.1, 0.15) is 11.8 Å². The molecule has 0 spiro atoms. The van der Waals surface area contributed by atoms with Crippen molar-refractivity contribution in [2.24, 2.45) is 0 Å². The van der Waals surface area contributed by atoms with Gasteiger partial charge >= 0.3 is 0 Å². The highest BCUT2D eigenvalue weighted by Gasteiger charge is 2.22. The average molecular weight is 296 g/mol. The Morgan fingerprint density at radius 1 is 1.18 bits per heavy atom. The van der Waals surface area contributed by atoms with Gasteiger partial charge in [0.25, 0.3) is 0 Å². The summed E-state index contributed by atoms with van der Waals surface area (Å²) in [6, 6.07) is 16.7. The van der Waals surface area contributed by atoms with Gasteiger partial charge in [-0.3, -0.25) is 4.90 Å². The van der Waals surface area contributed by atoms with Gasteiger partial charge in [-0.1, -0.05) is 42.0 Å². The van der Waals surface area contributed by atoms with Gasteiger partial charge in [-0.25, -0.2) is 0 Å². The molecule has 0 amide bonds. The number of rotatable bonds is 6. The number of aryl methyl sites for hydroxylation is 1. The number of aromatic hydroxyl groups is 1. The van der Waals surface area contributed by atoms with Gasteiger partial charge in [-0.15, -0.1) is 0 Å². The van der Waals surface area contributed by atoms with Crippen LogP contribution in [-0.2, 0) is 6.54 Å². The van der Waals surface area contributed by atoms with Crippen molar-refractivity contribution in [2.45, 2.75) is 19.5 Å². The molecule has 0 saturated carbocycles. The van der Waals surface area contributed by atoms with Gasteiger partial charge < -0.3 is 10.2 Å². The van der Waals surface area contributed by atoms with E-state index in [2.05, 4.69) is 6.07 Å². The first kappa shape index (κ1) is 16.0. The largest absolute Gasteiger partial charge is 0.508 e. The van der Waals surface area contributed by atoms with Crippen LogP contribution in [0, 0.1) is 18.3 Å². The molecule has 1 unspecified atom stereocenters. The second kappa shape index (κ2) is 7.60. The summed E-state index contributed by atoms with van der Waals surface area (Å²) in [5, 5.41) is 29.0. The second-order valence-electron chi connectivity index (χ2n) is 5.27. The molecule has 0 aliphatic heterocycles. The van der Waals surface area contributed by atoms with Crippen LogP contribution < -0.4 is 0 Å². The highest BCUT2D eigenvalue weighted by Crippen LogP contribution is 2.30. The molecule has 0 bridgehead atoms. The Morgan fingerprint density at radius 3 is 2.55 bits per heavy atom. The number of nitriles is 1. The molecular weight excluding hydrogens is 276 g/mol. The third kappa shape index (κ3) is 3.85. The van der Waals surface area contributed by atoms with E-state index in [9.17, 15) is 15.5 Å². The van der Waals surface area contributed by atoms with Crippen LogP contribution in [0.1, 0.15) is 22.7 Å². The summed E-state index contributed by atoms with van der Waals surface area (Å²) in [7, 11) is 0. The maximum Gasteiger partial charge on any atom is 0.127 e. The zero-order chi connectivity index (χ0) is 15.9. The number of phenolic OH excluding ortho intramolecular Hbond substituents is 1. The third-order valence-electron chi connectivity index (χ3n) is 3.58. The van der Waals surface area contributed by atoms with Gasteiger partial charge in [0, 0.05) is 18.7 Å². The fraction of sp³-hybridized carbons (Fsp3) is 0.278. The Morgan fingerprint density at radius 2 is 1.91 bits per heavy atom. The smallest absolute Gasteiger partial charge is 0.127 e. The topological polar surface area (TPSA) is 67.5 Å². The summed E-state index contributed by atoms with van der Waals surface area (Å²) in [4.78, 5) is 1.86. The van der Waals surface area contributed by atoms with Crippen LogP contribution in [0.3, 0.4) is 0 Å². The minimum absolute atomic E-state index is 0.0441. The van der Waals surface area contributed by atoms with E-state index >= 15 is 0 Å². The van der Waals surface area contributed by atoms with E-state index in [1.165, 1.54) is 0 Å². The predicted octanol–water partition coefficient (Wildman–Crippen LogP) is 2.76. The van der Waals surface area contributed by atoms with Crippen LogP contribution in [0.2, 0.25) is 0 Å². The fourth-order valence-corrected chi connectivity index (χ4v) is 2.49. The van der Waals surface area contributed by atoms with E-state index in [0.717, 1.165) is 11.1 Å². The second-order valence-corrected chi connectivity index (χ2v) is 5.27. The first-order valence-corrected chi connectivity index (χ1v) is 7.23. The van der Waals surface area contributed by atoms with Crippen molar-refractivity contribution in [2.75, 3.05) is 13.2 Å². The summed E-state index contributed by atoms with van der Waals surface area (Å²) < 4.78 is 0. The minimum Gasteiger partial charge on any atom is -0.508 e. The van der Waals surface area contributed by atoms with Crippen molar-refractivity contribution < 1.29 is 10.2 Å². The SMILES string of the molecule is Cc1ccc(O)c(C(C#N)N(CCO)Cc2ccccc2)c1. The normalized spacial score (nSPS) is 12.1. The molecule has 0 aliphatic rings. The molecule has 22 heavy (non-hydrogen) atoms. The quantitative estimate of drug-likeness (QED) is 0.860. The van der Waals surface area contributed by atoms with Crippen LogP contribution in [0.15, 0.2) is 48.5 Å². The van der Waals surface area contributed by atoms with Crippen LogP contribution in [0.4, 0.5) is 0 Å². The number of nitrogens with zero attached hydrogens (tertiary/aromatic N) is 2. The molecule has 2 N–H and O–H groups in total. The summed E-state index contributed by atoms with van der Waals surface area (Å²) in [5.41, 5.74) is 2.62. The van der Waals surface area contributed by atoms with E-state index in [1.807, 2.05) is 48.2 Å². The van der Waals surface area contributed by atoms with E-state index in [4.69, 9.17) is 0 Å². The first-order chi connectivity index (χ1) is 10.7. The summed E-state index contributed by atoms with van der Waals surface area (Å²) >= 11 is 0. The lowest BCUT2D eigenvalue weighted by Gasteiger charge is -2.27. The monoisotopic (exact) mass is 296 g/mol. The number of benzene rings is 2. The maximum absolute atomic E-state index is 10.1. The molecule has 1 atom stereocenters. The van der Waals surface area contributed by atoms with Gasteiger partial charge in [-0.2, -0.15) is 5.26 Å². The number of aliphatic hydroxyl groups is 1. The van der Waals surface area contributed by atoms with Gasteiger partial charge in [0.05, 0.1) is 12.7 Å². The predicted molar refractivity (Wildman–Crippen MR) is 85.1 cm³/mol.